The predicted molar refractivity (Wildman–Crippen MR) is 97.0 cm³/mol. The number of hydrogen-bond acceptors (Lipinski definition) is 5. The molecule has 0 saturated heterocycles. The zero-order valence-electron chi connectivity index (χ0n) is 13.1. The molecular weight excluding hydrogens is 317 g/mol. The molecule has 2 aromatic heterocycles. The third kappa shape index (κ3) is 2.74. The van der Waals surface area contributed by atoms with Crippen molar-refractivity contribution in [3.63, 3.8) is 0 Å². The molecule has 0 amide bonds. The van der Waals surface area contributed by atoms with Gasteiger partial charge in [0, 0.05) is 28.4 Å². The van der Waals surface area contributed by atoms with Crippen LogP contribution in [0.3, 0.4) is 0 Å². The van der Waals surface area contributed by atoms with Gasteiger partial charge in [-0.1, -0.05) is 12.1 Å². The van der Waals surface area contributed by atoms with Crippen LogP contribution in [-0.4, -0.2) is 15.0 Å². The minimum absolute atomic E-state index is 0.332. The zero-order chi connectivity index (χ0) is 17.4. The lowest BCUT2D eigenvalue weighted by Crippen LogP contribution is -1.99. The summed E-state index contributed by atoms with van der Waals surface area (Å²) in [6.45, 7) is 0. The molecule has 0 spiro atoms. The smallest absolute Gasteiger partial charge is 0.162 e. The van der Waals surface area contributed by atoms with Gasteiger partial charge in [-0.05, 0) is 42.5 Å². The summed E-state index contributed by atoms with van der Waals surface area (Å²) in [4.78, 5) is 13.1. The van der Waals surface area contributed by atoms with E-state index >= 15 is 0 Å². The van der Waals surface area contributed by atoms with Gasteiger partial charge < -0.3 is 11.5 Å². The average molecular weight is 331 g/mol. The highest BCUT2D eigenvalue weighted by Gasteiger charge is 2.11. The largest absolute Gasteiger partial charge is 0.399 e. The maximum atomic E-state index is 14.0. The van der Waals surface area contributed by atoms with Crippen molar-refractivity contribution < 1.29 is 4.39 Å². The summed E-state index contributed by atoms with van der Waals surface area (Å²) in [5, 5.41) is 0.701. The zero-order valence-corrected chi connectivity index (χ0v) is 13.1. The summed E-state index contributed by atoms with van der Waals surface area (Å²) < 4.78 is 14.0. The number of nitrogens with zero attached hydrogens (tertiary/aromatic N) is 3. The quantitative estimate of drug-likeness (QED) is 0.547. The summed E-state index contributed by atoms with van der Waals surface area (Å²) in [6.07, 6.45) is 1.60. The van der Waals surface area contributed by atoms with E-state index < -0.39 is 0 Å². The highest BCUT2D eigenvalue weighted by molar-refractivity contribution is 5.91. The van der Waals surface area contributed by atoms with Gasteiger partial charge in [0.2, 0.25) is 0 Å². The second-order valence-electron chi connectivity index (χ2n) is 5.62. The van der Waals surface area contributed by atoms with Crippen LogP contribution in [0.4, 0.5) is 15.9 Å². The SMILES string of the molecule is Nc1ccc2nc(-c3ccnc(-c4ccccc4F)c3)nc(N)c2c1. The van der Waals surface area contributed by atoms with Crippen molar-refractivity contribution in [1.82, 2.24) is 15.0 Å². The van der Waals surface area contributed by atoms with Crippen molar-refractivity contribution in [3.8, 4) is 22.6 Å². The molecular formula is C19H14FN5. The highest BCUT2D eigenvalue weighted by atomic mass is 19.1. The lowest BCUT2D eigenvalue weighted by atomic mass is 10.1. The van der Waals surface area contributed by atoms with Crippen molar-refractivity contribution >= 4 is 22.4 Å². The molecule has 0 saturated carbocycles. The Morgan fingerprint density at radius 3 is 2.56 bits per heavy atom. The maximum absolute atomic E-state index is 14.0. The molecule has 0 aliphatic carbocycles. The Bertz CT molecular complexity index is 1090. The summed E-state index contributed by atoms with van der Waals surface area (Å²) in [5.74, 6) is 0.466. The predicted octanol–water partition coefficient (Wildman–Crippen LogP) is 3.66. The second-order valence-corrected chi connectivity index (χ2v) is 5.62. The first-order valence-corrected chi connectivity index (χ1v) is 7.66. The molecule has 4 N–H and O–H groups in total. The van der Waals surface area contributed by atoms with Gasteiger partial charge in [-0.3, -0.25) is 4.98 Å². The molecule has 5 nitrogen and oxygen atoms in total. The van der Waals surface area contributed by atoms with Gasteiger partial charge in [-0.25, -0.2) is 14.4 Å². The summed E-state index contributed by atoms with van der Waals surface area (Å²) in [7, 11) is 0. The topological polar surface area (TPSA) is 90.7 Å². The first kappa shape index (κ1) is 15.0. The Hall–Kier alpha value is -3.54. The van der Waals surface area contributed by atoms with Gasteiger partial charge in [0.1, 0.15) is 11.6 Å². The van der Waals surface area contributed by atoms with Crippen molar-refractivity contribution in [2.75, 3.05) is 11.5 Å². The van der Waals surface area contributed by atoms with Gasteiger partial charge in [0.15, 0.2) is 5.82 Å². The summed E-state index contributed by atoms with van der Waals surface area (Å²) in [6, 6.07) is 15.3. The molecule has 2 aromatic carbocycles. The number of hydrogen-bond donors (Lipinski definition) is 2. The Kier molecular flexibility index (Phi) is 3.50. The molecule has 0 radical (unpaired) electrons. The molecule has 4 rings (SSSR count). The van der Waals surface area contributed by atoms with E-state index in [1.54, 1.807) is 54.7 Å². The van der Waals surface area contributed by atoms with Gasteiger partial charge in [-0.2, -0.15) is 0 Å². The lowest BCUT2D eigenvalue weighted by molar-refractivity contribution is 0.631. The molecule has 0 atom stereocenters. The van der Waals surface area contributed by atoms with Crippen LogP contribution in [0.5, 0.6) is 0 Å². The van der Waals surface area contributed by atoms with Gasteiger partial charge in [0.05, 0.1) is 11.2 Å². The first-order valence-electron chi connectivity index (χ1n) is 7.66. The fourth-order valence-electron chi connectivity index (χ4n) is 2.68. The fourth-order valence-corrected chi connectivity index (χ4v) is 2.68. The normalized spacial score (nSPS) is 10.9. The minimum Gasteiger partial charge on any atom is -0.399 e. The van der Waals surface area contributed by atoms with E-state index in [1.165, 1.54) is 6.07 Å². The number of nitrogens with two attached hydrogens (primary N) is 2. The molecule has 0 aliphatic rings. The Morgan fingerprint density at radius 1 is 0.880 bits per heavy atom. The molecule has 2 heterocycles. The molecule has 6 heteroatoms. The van der Waals surface area contributed by atoms with Crippen molar-refractivity contribution in [2.45, 2.75) is 0 Å². The van der Waals surface area contributed by atoms with Crippen LogP contribution in [0, 0.1) is 5.82 Å². The standard InChI is InChI=1S/C19H14FN5/c20-15-4-2-1-3-13(15)17-9-11(7-8-23-17)19-24-16-6-5-12(21)10-14(16)18(22)25-19/h1-10H,21H2,(H2,22,24,25). The van der Waals surface area contributed by atoms with E-state index in [9.17, 15) is 4.39 Å². The van der Waals surface area contributed by atoms with E-state index in [2.05, 4.69) is 15.0 Å². The van der Waals surface area contributed by atoms with E-state index in [1.807, 2.05) is 0 Å². The van der Waals surface area contributed by atoms with E-state index in [4.69, 9.17) is 11.5 Å². The number of halogens is 1. The molecule has 25 heavy (non-hydrogen) atoms. The van der Waals surface area contributed by atoms with E-state index in [-0.39, 0.29) is 5.82 Å². The number of anilines is 2. The second kappa shape index (κ2) is 5.83. The number of nitrogen functional groups attached to an aromatic ring is 2. The number of benzene rings is 2. The molecule has 122 valence electrons. The molecule has 0 unspecified atom stereocenters. The number of pyridine rings is 1. The van der Waals surface area contributed by atoms with Crippen molar-refractivity contribution in [3.05, 3.63) is 66.6 Å². The van der Waals surface area contributed by atoms with Crippen molar-refractivity contribution in [2.24, 2.45) is 0 Å². The Balaban J connectivity index is 1.86. The van der Waals surface area contributed by atoms with Crippen LogP contribution < -0.4 is 11.5 Å². The number of fused-ring (bicyclic) bond motifs is 1. The monoisotopic (exact) mass is 331 g/mol. The Labute approximate surface area is 143 Å². The molecule has 0 aliphatic heterocycles. The third-order valence-corrected chi connectivity index (χ3v) is 3.92. The van der Waals surface area contributed by atoms with Crippen LogP contribution in [0.1, 0.15) is 0 Å². The molecule has 4 aromatic rings. The van der Waals surface area contributed by atoms with Crippen LogP contribution in [0.25, 0.3) is 33.5 Å². The van der Waals surface area contributed by atoms with Gasteiger partial charge >= 0.3 is 0 Å². The third-order valence-electron chi connectivity index (χ3n) is 3.92. The van der Waals surface area contributed by atoms with Crippen LogP contribution in [-0.2, 0) is 0 Å². The van der Waals surface area contributed by atoms with E-state index in [0.29, 0.717) is 45.1 Å². The van der Waals surface area contributed by atoms with Crippen molar-refractivity contribution in [1.29, 1.82) is 0 Å². The lowest BCUT2D eigenvalue weighted by Gasteiger charge is -2.08. The Morgan fingerprint density at radius 2 is 1.72 bits per heavy atom. The fraction of sp³-hybridized carbons (Fsp3) is 0. The van der Waals surface area contributed by atoms with Gasteiger partial charge in [0.25, 0.3) is 0 Å². The first-order chi connectivity index (χ1) is 12.1. The average Bonchev–Trinajstić information content (AvgIpc) is 2.63. The van der Waals surface area contributed by atoms with E-state index in [0.717, 1.165) is 0 Å². The summed E-state index contributed by atoms with van der Waals surface area (Å²) >= 11 is 0. The van der Waals surface area contributed by atoms with Gasteiger partial charge in [-0.15, -0.1) is 0 Å². The molecule has 0 bridgehead atoms. The minimum atomic E-state index is -0.332. The molecule has 0 fully saturated rings. The maximum Gasteiger partial charge on any atom is 0.162 e. The van der Waals surface area contributed by atoms with Crippen LogP contribution in [0.2, 0.25) is 0 Å². The number of rotatable bonds is 2. The van der Waals surface area contributed by atoms with Crippen LogP contribution >= 0.6 is 0 Å². The highest BCUT2D eigenvalue weighted by Crippen LogP contribution is 2.27. The van der Waals surface area contributed by atoms with Crippen LogP contribution in [0.15, 0.2) is 60.8 Å². The number of aromatic nitrogens is 3. The summed E-state index contributed by atoms with van der Waals surface area (Å²) in [5.41, 5.74) is 14.8.